The molecule has 23 heavy (non-hydrogen) atoms. The van der Waals surface area contributed by atoms with Gasteiger partial charge in [0.2, 0.25) is 0 Å². The van der Waals surface area contributed by atoms with Crippen LogP contribution in [0.15, 0.2) is 47.6 Å². The molecular weight excluding hydrogens is 335 g/mol. The number of hydrazone groups is 1. The summed E-state index contributed by atoms with van der Waals surface area (Å²) in [6.07, 6.45) is 0.829. The van der Waals surface area contributed by atoms with Crippen LogP contribution in [0.2, 0.25) is 10.0 Å². The lowest BCUT2D eigenvalue weighted by atomic mass is 10.2. The molecule has 1 N–H and O–H groups in total. The van der Waals surface area contributed by atoms with E-state index in [-0.39, 0.29) is 5.91 Å². The van der Waals surface area contributed by atoms with Gasteiger partial charge in [0.1, 0.15) is 5.75 Å². The summed E-state index contributed by atoms with van der Waals surface area (Å²) in [5, 5.41) is 5.13. The number of nitrogens with zero attached hydrogens (tertiary/aromatic N) is 1. The number of ether oxygens (including phenoxy) is 1. The summed E-state index contributed by atoms with van der Waals surface area (Å²) in [6, 6.07) is 12.4. The summed E-state index contributed by atoms with van der Waals surface area (Å²) in [6.45, 7) is 3.52. The van der Waals surface area contributed by atoms with Crippen molar-refractivity contribution in [2.24, 2.45) is 5.10 Å². The van der Waals surface area contributed by atoms with Crippen molar-refractivity contribution in [1.82, 2.24) is 5.43 Å². The molecule has 0 heterocycles. The third-order valence-corrected chi connectivity index (χ3v) is 3.52. The van der Waals surface area contributed by atoms with E-state index in [1.165, 1.54) is 6.21 Å². The van der Waals surface area contributed by atoms with Crippen LogP contribution in [-0.2, 0) is 4.79 Å². The molecule has 0 aromatic heterocycles. The first-order valence-electron chi connectivity index (χ1n) is 6.97. The third-order valence-electron chi connectivity index (χ3n) is 3.05. The Morgan fingerprint density at radius 1 is 1.22 bits per heavy atom. The molecular formula is C17H16Cl2N2O2. The fourth-order valence-corrected chi connectivity index (χ4v) is 2.26. The highest BCUT2D eigenvalue weighted by molar-refractivity contribution is 6.31. The maximum Gasteiger partial charge on any atom is 0.280 e. The smallest absolute Gasteiger partial charge is 0.280 e. The normalized spacial score (nSPS) is 12.2. The zero-order valence-corrected chi connectivity index (χ0v) is 14.2. The van der Waals surface area contributed by atoms with Gasteiger partial charge in [0.05, 0.1) is 6.21 Å². The standard InChI is InChI=1S/C17H16Cl2N2O2/c1-11-8-15(19)6-7-16(11)23-12(2)17(22)21-20-10-13-4-3-5-14(18)9-13/h3-10,12H,1-2H3,(H,21,22). The van der Waals surface area contributed by atoms with E-state index in [4.69, 9.17) is 27.9 Å². The molecule has 4 nitrogen and oxygen atoms in total. The quantitative estimate of drug-likeness (QED) is 0.648. The van der Waals surface area contributed by atoms with Gasteiger partial charge in [0.15, 0.2) is 6.10 Å². The summed E-state index contributed by atoms with van der Waals surface area (Å²) in [5.41, 5.74) is 4.09. The highest BCUT2D eigenvalue weighted by Gasteiger charge is 2.15. The van der Waals surface area contributed by atoms with Gasteiger partial charge in [-0.15, -0.1) is 0 Å². The zero-order chi connectivity index (χ0) is 16.8. The number of hydrogen-bond acceptors (Lipinski definition) is 3. The van der Waals surface area contributed by atoms with Crippen molar-refractivity contribution in [1.29, 1.82) is 0 Å². The predicted molar refractivity (Wildman–Crippen MR) is 93.5 cm³/mol. The second-order valence-electron chi connectivity index (χ2n) is 4.96. The van der Waals surface area contributed by atoms with E-state index >= 15 is 0 Å². The Hall–Kier alpha value is -2.04. The summed E-state index contributed by atoms with van der Waals surface area (Å²) >= 11 is 11.8. The number of rotatable bonds is 5. The van der Waals surface area contributed by atoms with Gasteiger partial charge in [0, 0.05) is 10.0 Å². The van der Waals surface area contributed by atoms with E-state index in [0.717, 1.165) is 11.1 Å². The van der Waals surface area contributed by atoms with E-state index in [1.807, 2.05) is 13.0 Å². The van der Waals surface area contributed by atoms with Crippen LogP contribution in [0.4, 0.5) is 0 Å². The number of carbonyl (C=O) groups is 1. The van der Waals surface area contributed by atoms with Gasteiger partial charge in [-0.2, -0.15) is 5.10 Å². The summed E-state index contributed by atoms with van der Waals surface area (Å²) < 4.78 is 5.62. The molecule has 0 saturated heterocycles. The fraction of sp³-hybridized carbons (Fsp3) is 0.176. The van der Waals surface area contributed by atoms with Crippen molar-refractivity contribution >= 4 is 35.3 Å². The SMILES string of the molecule is Cc1cc(Cl)ccc1OC(C)C(=O)NN=Cc1cccc(Cl)c1. The van der Waals surface area contributed by atoms with E-state index in [9.17, 15) is 4.79 Å². The molecule has 0 aliphatic rings. The summed E-state index contributed by atoms with van der Waals surface area (Å²) in [5.74, 6) is 0.258. The minimum atomic E-state index is -0.689. The van der Waals surface area contributed by atoms with Crippen LogP contribution in [0.25, 0.3) is 0 Å². The molecule has 0 fully saturated rings. The van der Waals surface area contributed by atoms with Crippen molar-refractivity contribution in [3.63, 3.8) is 0 Å². The Morgan fingerprint density at radius 3 is 2.65 bits per heavy atom. The van der Waals surface area contributed by atoms with Crippen molar-refractivity contribution in [2.45, 2.75) is 20.0 Å². The summed E-state index contributed by atoms with van der Waals surface area (Å²) in [7, 11) is 0. The number of carbonyl (C=O) groups excluding carboxylic acids is 1. The summed E-state index contributed by atoms with van der Waals surface area (Å²) in [4.78, 5) is 12.0. The first-order valence-corrected chi connectivity index (χ1v) is 7.72. The van der Waals surface area contributed by atoms with Crippen molar-refractivity contribution in [3.8, 4) is 5.75 Å². The molecule has 1 atom stereocenters. The maximum atomic E-state index is 12.0. The monoisotopic (exact) mass is 350 g/mol. The second-order valence-corrected chi connectivity index (χ2v) is 5.83. The lowest BCUT2D eigenvalue weighted by molar-refractivity contribution is -0.127. The molecule has 0 spiro atoms. The van der Waals surface area contributed by atoms with E-state index < -0.39 is 6.10 Å². The topological polar surface area (TPSA) is 50.7 Å². The second kappa shape index (κ2) is 7.99. The predicted octanol–water partition coefficient (Wildman–Crippen LogP) is 4.22. The molecule has 2 aromatic carbocycles. The molecule has 0 radical (unpaired) electrons. The fourth-order valence-electron chi connectivity index (χ4n) is 1.84. The largest absolute Gasteiger partial charge is 0.481 e. The van der Waals surface area contributed by atoms with Gasteiger partial charge in [0.25, 0.3) is 5.91 Å². The van der Waals surface area contributed by atoms with Crippen molar-refractivity contribution in [2.75, 3.05) is 0 Å². The Balaban J connectivity index is 1.92. The van der Waals surface area contributed by atoms with Crippen LogP contribution >= 0.6 is 23.2 Å². The van der Waals surface area contributed by atoms with Gasteiger partial charge < -0.3 is 4.74 Å². The third kappa shape index (κ3) is 5.27. The first kappa shape index (κ1) is 17.3. The van der Waals surface area contributed by atoms with Crippen LogP contribution in [-0.4, -0.2) is 18.2 Å². The van der Waals surface area contributed by atoms with E-state index in [1.54, 1.807) is 43.3 Å². The van der Waals surface area contributed by atoms with Gasteiger partial charge >= 0.3 is 0 Å². The molecule has 0 aliphatic carbocycles. The van der Waals surface area contributed by atoms with Crippen LogP contribution in [0, 0.1) is 6.92 Å². The average Bonchev–Trinajstić information content (AvgIpc) is 2.50. The van der Waals surface area contributed by atoms with E-state index in [0.29, 0.717) is 15.8 Å². The van der Waals surface area contributed by atoms with Gasteiger partial charge in [-0.25, -0.2) is 5.43 Å². The minimum absolute atomic E-state index is 0.349. The number of benzene rings is 2. The van der Waals surface area contributed by atoms with Crippen LogP contribution in [0.5, 0.6) is 5.75 Å². The molecule has 1 amide bonds. The van der Waals surface area contributed by atoms with Gasteiger partial charge in [-0.05, 0) is 55.3 Å². The molecule has 0 saturated carbocycles. The van der Waals surface area contributed by atoms with Gasteiger partial charge in [-0.3, -0.25) is 4.79 Å². The highest BCUT2D eigenvalue weighted by Crippen LogP contribution is 2.22. The number of aryl methyl sites for hydroxylation is 1. The lowest BCUT2D eigenvalue weighted by Gasteiger charge is -2.14. The molecule has 120 valence electrons. The van der Waals surface area contributed by atoms with E-state index in [2.05, 4.69) is 10.5 Å². The Kier molecular flexibility index (Phi) is 6.02. The number of amides is 1. The average molecular weight is 351 g/mol. The number of halogens is 2. The van der Waals surface area contributed by atoms with Gasteiger partial charge in [-0.1, -0.05) is 35.3 Å². The highest BCUT2D eigenvalue weighted by atomic mass is 35.5. The first-order chi connectivity index (χ1) is 11.0. The Morgan fingerprint density at radius 2 is 1.96 bits per heavy atom. The minimum Gasteiger partial charge on any atom is -0.481 e. The van der Waals surface area contributed by atoms with Crippen LogP contribution < -0.4 is 10.2 Å². The Labute approximate surface area is 145 Å². The number of hydrogen-bond donors (Lipinski definition) is 1. The molecule has 6 heteroatoms. The molecule has 0 bridgehead atoms. The van der Waals surface area contributed by atoms with Crippen molar-refractivity contribution in [3.05, 3.63) is 63.6 Å². The zero-order valence-electron chi connectivity index (χ0n) is 12.7. The molecule has 2 rings (SSSR count). The molecule has 0 aliphatic heterocycles. The number of nitrogens with one attached hydrogen (secondary N) is 1. The maximum absolute atomic E-state index is 12.0. The Bertz CT molecular complexity index is 732. The lowest BCUT2D eigenvalue weighted by Crippen LogP contribution is -2.33. The van der Waals surface area contributed by atoms with Crippen LogP contribution in [0.1, 0.15) is 18.1 Å². The molecule has 2 aromatic rings. The van der Waals surface area contributed by atoms with Crippen LogP contribution in [0.3, 0.4) is 0 Å². The van der Waals surface area contributed by atoms with Crippen molar-refractivity contribution < 1.29 is 9.53 Å². The molecule has 1 unspecified atom stereocenters.